The molecule has 1 aliphatic heterocycles. The van der Waals surface area contributed by atoms with Crippen LogP contribution < -0.4 is 15.6 Å². The minimum Gasteiger partial charge on any atom is -0.508 e. The summed E-state index contributed by atoms with van der Waals surface area (Å²) in [6.45, 7) is 0. The van der Waals surface area contributed by atoms with E-state index in [2.05, 4.69) is 26.2 Å². The lowest BCUT2D eigenvalue weighted by Gasteiger charge is -2.23. The number of phenolic OH excluding ortho intramolecular Hbond substituents is 1. The molecule has 5 rings (SSSR count). The number of halogens is 1. The van der Waals surface area contributed by atoms with Gasteiger partial charge in [-0.15, -0.1) is 0 Å². The van der Waals surface area contributed by atoms with Gasteiger partial charge in [0.2, 0.25) is 5.16 Å². The Morgan fingerprint density at radius 3 is 2.68 bits per heavy atom. The van der Waals surface area contributed by atoms with Gasteiger partial charge in [0.05, 0.1) is 16.8 Å². The summed E-state index contributed by atoms with van der Waals surface area (Å²) in [6, 6.07) is 22.8. The first kappa shape index (κ1) is 19.8. The number of phenols is 1. The van der Waals surface area contributed by atoms with Crippen LogP contribution in [-0.4, -0.2) is 15.2 Å². The van der Waals surface area contributed by atoms with Crippen LogP contribution in [0.1, 0.15) is 17.3 Å². The van der Waals surface area contributed by atoms with Gasteiger partial charge in [-0.25, -0.2) is 0 Å². The van der Waals surface area contributed by atoms with Crippen molar-refractivity contribution in [3.63, 3.8) is 0 Å². The second kappa shape index (κ2) is 8.20. The number of aromatic amines is 1. The molecule has 1 aliphatic rings. The zero-order valence-electron chi connectivity index (χ0n) is 16.2. The fourth-order valence-electron chi connectivity index (χ4n) is 3.63. The van der Waals surface area contributed by atoms with Crippen molar-refractivity contribution >= 4 is 33.4 Å². The van der Waals surface area contributed by atoms with Gasteiger partial charge in [-0.3, -0.25) is 9.78 Å². The lowest BCUT2D eigenvalue weighted by atomic mass is 10.0. The molecule has 0 fully saturated rings. The van der Waals surface area contributed by atoms with Crippen molar-refractivity contribution in [2.75, 3.05) is 5.32 Å². The molecule has 1 aromatic heterocycles. The minimum absolute atomic E-state index is 0.143. The number of nitrogens with zero attached hydrogens (tertiary/aromatic N) is 2. The first-order valence-electron chi connectivity index (χ1n) is 9.67. The van der Waals surface area contributed by atoms with Crippen molar-refractivity contribution in [3.8, 4) is 17.0 Å². The third-order valence-electron chi connectivity index (χ3n) is 5.07. The Labute approximate surface area is 191 Å². The fourth-order valence-corrected chi connectivity index (χ4v) is 4.90. The first-order chi connectivity index (χ1) is 15.1. The normalized spacial score (nSPS) is 14.4. The van der Waals surface area contributed by atoms with Crippen molar-refractivity contribution in [2.45, 2.75) is 17.1 Å². The summed E-state index contributed by atoms with van der Waals surface area (Å²) in [5, 5.41) is 18.8. The Bertz CT molecular complexity index is 1330. The predicted molar refractivity (Wildman–Crippen MR) is 124 cm³/mol. The molecule has 4 aromatic rings. The Balaban J connectivity index is 1.63. The number of nitrogens with one attached hydrogen (secondary N) is 2. The zero-order valence-corrected chi connectivity index (χ0v) is 18.7. The maximum atomic E-state index is 13.2. The molecule has 154 valence electrons. The number of thioether (sulfide) groups is 1. The van der Waals surface area contributed by atoms with Crippen LogP contribution in [0.25, 0.3) is 11.3 Å². The number of fused-ring (bicyclic) bond motifs is 3. The average Bonchev–Trinajstić information content (AvgIpc) is 2.79. The number of aromatic nitrogens is 3. The summed E-state index contributed by atoms with van der Waals surface area (Å²) in [7, 11) is 0. The van der Waals surface area contributed by atoms with E-state index in [0.717, 1.165) is 26.9 Å². The summed E-state index contributed by atoms with van der Waals surface area (Å²) in [5.74, 6) is 0.831. The van der Waals surface area contributed by atoms with Gasteiger partial charge in [-0.1, -0.05) is 70.2 Å². The SMILES string of the molecule is O=c1[nH]c(SCc2ccccc2)n[n+]2c1-c1ccccc1N[C@H]2c1cc(O)ccc1Br. The number of H-pyrrole nitrogens is 1. The highest BCUT2D eigenvalue weighted by Crippen LogP contribution is 2.35. The fraction of sp³-hybridized carbons (Fsp3) is 0.0870. The smallest absolute Gasteiger partial charge is 0.325 e. The van der Waals surface area contributed by atoms with E-state index in [0.29, 0.717) is 16.6 Å². The quantitative estimate of drug-likeness (QED) is 0.289. The lowest BCUT2D eigenvalue weighted by molar-refractivity contribution is -0.759. The predicted octanol–water partition coefficient (Wildman–Crippen LogP) is 4.46. The number of aromatic hydroxyl groups is 1. The van der Waals surface area contributed by atoms with Crippen LogP contribution in [0.5, 0.6) is 5.75 Å². The average molecular weight is 494 g/mol. The largest absolute Gasteiger partial charge is 0.508 e. The van der Waals surface area contributed by atoms with Crippen molar-refractivity contribution < 1.29 is 9.79 Å². The van der Waals surface area contributed by atoms with Gasteiger partial charge < -0.3 is 10.4 Å². The van der Waals surface area contributed by atoms with Gasteiger partial charge in [0.15, 0.2) is 0 Å². The molecule has 8 heteroatoms. The molecular weight excluding hydrogens is 476 g/mol. The van der Waals surface area contributed by atoms with Gasteiger partial charge >= 0.3 is 11.3 Å². The molecule has 0 bridgehead atoms. The van der Waals surface area contributed by atoms with Crippen molar-refractivity contribution in [1.29, 1.82) is 0 Å². The highest BCUT2D eigenvalue weighted by molar-refractivity contribution is 9.10. The van der Waals surface area contributed by atoms with Crippen LogP contribution in [-0.2, 0) is 5.75 Å². The highest BCUT2D eigenvalue weighted by Gasteiger charge is 2.38. The van der Waals surface area contributed by atoms with E-state index in [1.54, 1.807) is 22.9 Å². The molecular formula is C23H18BrN4O2S+. The lowest BCUT2D eigenvalue weighted by Crippen LogP contribution is -2.55. The van der Waals surface area contributed by atoms with Gasteiger partial charge in [-0.2, -0.15) is 0 Å². The molecule has 0 spiro atoms. The highest BCUT2D eigenvalue weighted by atomic mass is 79.9. The van der Waals surface area contributed by atoms with E-state index in [1.807, 2.05) is 54.6 Å². The second-order valence-corrected chi connectivity index (χ2v) is 8.94. The Morgan fingerprint density at radius 2 is 1.84 bits per heavy atom. The maximum absolute atomic E-state index is 13.2. The summed E-state index contributed by atoms with van der Waals surface area (Å²) < 4.78 is 2.51. The van der Waals surface area contributed by atoms with Crippen molar-refractivity contribution in [2.24, 2.45) is 0 Å². The number of rotatable bonds is 4. The molecule has 2 heterocycles. The van der Waals surface area contributed by atoms with Crippen LogP contribution in [0.4, 0.5) is 5.69 Å². The molecule has 1 atom stereocenters. The molecule has 0 saturated carbocycles. The minimum atomic E-state index is -0.468. The molecule has 6 nitrogen and oxygen atoms in total. The topological polar surface area (TPSA) is 81.9 Å². The van der Waals surface area contributed by atoms with Crippen LogP contribution in [0.15, 0.2) is 87.2 Å². The Hall–Kier alpha value is -3.10. The molecule has 3 aromatic carbocycles. The number of benzene rings is 3. The van der Waals surface area contributed by atoms with Gasteiger partial charge in [0.1, 0.15) is 5.75 Å². The number of para-hydroxylation sites is 1. The van der Waals surface area contributed by atoms with Gasteiger partial charge in [0.25, 0.3) is 6.17 Å². The summed E-state index contributed by atoms with van der Waals surface area (Å²) in [6.07, 6.45) is -0.468. The van der Waals surface area contributed by atoms with Gasteiger partial charge in [-0.05, 0) is 40.6 Å². The van der Waals surface area contributed by atoms with E-state index < -0.39 is 6.17 Å². The molecule has 3 N–H and O–H groups in total. The zero-order chi connectivity index (χ0) is 21.4. The van der Waals surface area contributed by atoms with E-state index >= 15 is 0 Å². The number of anilines is 1. The van der Waals surface area contributed by atoms with Crippen LogP contribution in [0.2, 0.25) is 0 Å². The summed E-state index contributed by atoms with van der Waals surface area (Å²) in [5.41, 5.74) is 3.80. The number of hydrogen-bond donors (Lipinski definition) is 3. The van der Waals surface area contributed by atoms with Crippen molar-refractivity contribution in [1.82, 2.24) is 10.1 Å². The van der Waals surface area contributed by atoms with Crippen LogP contribution in [0.3, 0.4) is 0 Å². The summed E-state index contributed by atoms with van der Waals surface area (Å²) >= 11 is 5.04. The molecule has 0 aliphatic carbocycles. The molecule has 31 heavy (non-hydrogen) atoms. The van der Waals surface area contributed by atoms with E-state index in [1.165, 1.54) is 11.8 Å². The molecule has 0 amide bonds. The summed E-state index contributed by atoms with van der Waals surface area (Å²) in [4.78, 5) is 16.1. The third-order valence-corrected chi connectivity index (χ3v) is 6.73. The molecule has 0 unspecified atom stereocenters. The maximum Gasteiger partial charge on any atom is 0.325 e. The Morgan fingerprint density at radius 1 is 1.06 bits per heavy atom. The standard InChI is InChI=1S/C23H17BrN4O2S/c24-18-11-10-15(29)12-17(18)21-25-19-9-5-4-8-16(19)20-22(30)26-23(27-28(20)21)31-13-14-6-2-1-3-7-14/h1-12,21H,13H2,(H2,26,27,29,30)/p+1/t21-/m1/s1. The second-order valence-electron chi connectivity index (χ2n) is 7.13. The monoisotopic (exact) mass is 493 g/mol. The first-order valence-corrected chi connectivity index (χ1v) is 11.5. The number of hydrogen-bond acceptors (Lipinski definition) is 5. The molecule has 0 saturated heterocycles. The van der Waals surface area contributed by atoms with Crippen LogP contribution in [0, 0.1) is 0 Å². The molecule has 0 radical (unpaired) electrons. The van der Waals surface area contributed by atoms with E-state index in [9.17, 15) is 9.90 Å². The Kier molecular flexibility index (Phi) is 5.25. The van der Waals surface area contributed by atoms with E-state index in [4.69, 9.17) is 5.10 Å². The van der Waals surface area contributed by atoms with Crippen molar-refractivity contribution in [3.05, 3.63) is 98.7 Å². The third kappa shape index (κ3) is 3.84. The van der Waals surface area contributed by atoms with Gasteiger partial charge in [0, 0.05) is 15.3 Å². The van der Waals surface area contributed by atoms with E-state index in [-0.39, 0.29) is 11.3 Å². The van der Waals surface area contributed by atoms with Crippen LogP contribution >= 0.6 is 27.7 Å².